The molecule has 180 valence electrons. The molecule has 0 bridgehead atoms. The topological polar surface area (TPSA) is 53.1 Å². The second kappa shape index (κ2) is 11.4. The van der Waals surface area contributed by atoms with Gasteiger partial charge in [0.2, 0.25) is 0 Å². The van der Waals surface area contributed by atoms with Crippen molar-refractivity contribution in [3.63, 3.8) is 0 Å². The first-order valence-electron chi connectivity index (χ1n) is 12.5. The summed E-state index contributed by atoms with van der Waals surface area (Å²) in [7, 11) is -3.12. The molecule has 0 aromatic heterocycles. The van der Waals surface area contributed by atoms with Crippen LogP contribution in [0.2, 0.25) is 0 Å². The molecular weight excluding hydrogens is 422 g/mol. The van der Waals surface area contributed by atoms with Crippen LogP contribution in [0.25, 0.3) is 0 Å². The van der Waals surface area contributed by atoms with Crippen LogP contribution >= 0.6 is 0 Å². The van der Waals surface area contributed by atoms with Gasteiger partial charge in [0.15, 0.2) is 9.84 Å². The third-order valence-corrected chi connectivity index (χ3v) is 8.54. The lowest BCUT2D eigenvalue weighted by Gasteiger charge is -2.46. The first kappa shape index (κ1) is 24.1. The Labute approximate surface area is 194 Å². The first-order chi connectivity index (χ1) is 15.5. The molecule has 3 aliphatic heterocycles. The fourth-order valence-electron chi connectivity index (χ4n) is 5.53. The number of rotatable bonds is 9. The zero-order valence-corrected chi connectivity index (χ0v) is 20.6. The summed E-state index contributed by atoms with van der Waals surface area (Å²) in [6, 6.07) is 8.04. The van der Waals surface area contributed by atoms with E-state index in [1.807, 2.05) is 12.1 Å². The summed E-state index contributed by atoms with van der Waals surface area (Å²) in [5.74, 6) is 0.677. The zero-order chi connectivity index (χ0) is 22.4. The van der Waals surface area contributed by atoms with Gasteiger partial charge in [0.1, 0.15) is 0 Å². The molecule has 3 fully saturated rings. The van der Waals surface area contributed by atoms with Gasteiger partial charge in [0.25, 0.3) is 0 Å². The summed E-state index contributed by atoms with van der Waals surface area (Å²) < 4.78 is 29.4. The Morgan fingerprint density at radius 1 is 0.938 bits per heavy atom. The van der Waals surface area contributed by atoms with Gasteiger partial charge >= 0.3 is 0 Å². The van der Waals surface area contributed by atoms with Gasteiger partial charge in [0, 0.05) is 58.2 Å². The van der Waals surface area contributed by atoms with Gasteiger partial charge in [-0.3, -0.25) is 9.80 Å². The molecule has 6 nitrogen and oxygen atoms in total. The van der Waals surface area contributed by atoms with E-state index in [2.05, 4.69) is 14.7 Å². The zero-order valence-electron chi connectivity index (χ0n) is 19.8. The number of nitrogens with zero attached hydrogens (tertiary/aromatic N) is 3. The van der Waals surface area contributed by atoms with Crippen molar-refractivity contribution in [2.75, 3.05) is 65.3 Å². The first-order valence-corrected chi connectivity index (χ1v) is 14.4. The molecule has 0 amide bonds. The maximum Gasteiger partial charge on any atom is 0.175 e. The van der Waals surface area contributed by atoms with Crippen molar-refractivity contribution >= 4 is 9.84 Å². The number of benzene rings is 1. The molecular formula is C25H41N3O3S. The summed E-state index contributed by atoms with van der Waals surface area (Å²) in [5.41, 5.74) is 1.19. The van der Waals surface area contributed by atoms with Crippen LogP contribution in [0, 0.1) is 5.92 Å². The normalized spacial score (nSPS) is 26.2. The fourth-order valence-corrected chi connectivity index (χ4v) is 6.16. The lowest BCUT2D eigenvalue weighted by molar-refractivity contribution is -0.00316. The maximum absolute atomic E-state index is 11.7. The molecule has 0 saturated carbocycles. The van der Waals surface area contributed by atoms with Crippen molar-refractivity contribution in [3.8, 4) is 0 Å². The maximum atomic E-state index is 11.7. The van der Waals surface area contributed by atoms with Gasteiger partial charge in [-0.15, -0.1) is 0 Å². The highest BCUT2D eigenvalue weighted by Crippen LogP contribution is 2.26. The molecule has 32 heavy (non-hydrogen) atoms. The molecule has 0 spiro atoms. The molecule has 0 radical (unpaired) electrons. The Balaban J connectivity index is 1.13. The average molecular weight is 464 g/mol. The van der Waals surface area contributed by atoms with Crippen LogP contribution in [0.4, 0.5) is 0 Å². The van der Waals surface area contributed by atoms with Crippen LogP contribution in [-0.2, 0) is 21.1 Å². The summed E-state index contributed by atoms with van der Waals surface area (Å²) in [6.07, 6.45) is 9.09. The molecule has 3 heterocycles. The molecule has 0 unspecified atom stereocenters. The summed E-state index contributed by atoms with van der Waals surface area (Å²) in [5, 5.41) is 0. The Bertz CT molecular complexity index is 808. The fraction of sp³-hybridized carbons (Fsp3) is 0.760. The highest BCUT2D eigenvalue weighted by atomic mass is 32.2. The van der Waals surface area contributed by atoms with Gasteiger partial charge in [-0.05, 0) is 68.8 Å². The van der Waals surface area contributed by atoms with Crippen LogP contribution in [-0.4, -0.2) is 94.4 Å². The van der Waals surface area contributed by atoms with E-state index >= 15 is 0 Å². The Kier molecular flexibility index (Phi) is 8.62. The monoisotopic (exact) mass is 463 g/mol. The number of sulfone groups is 1. The predicted molar refractivity (Wildman–Crippen MR) is 129 cm³/mol. The van der Waals surface area contributed by atoms with Crippen molar-refractivity contribution in [1.29, 1.82) is 0 Å². The van der Waals surface area contributed by atoms with Crippen molar-refractivity contribution < 1.29 is 13.2 Å². The van der Waals surface area contributed by atoms with E-state index in [0.29, 0.717) is 16.9 Å². The Hall–Kier alpha value is -0.990. The van der Waals surface area contributed by atoms with Crippen LogP contribution in [0.3, 0.4) is 0 Å². The Morgan fingerprint density at radius 2 is 1.72 bits per heavy atom. The van der Waals surface area contributed by atoms with E-state index in [4.69, 9.17) is 4.74 Å². The predicted octanol–water partition coefficient (Wildman–Crippen LogP) is 2.88. The van der Waals surface area contributed by atoms with E-state index in [-0.39, 0.29) is 0 Å². The number of hydrogen-bond donors (Lipinski definition) is 0. The van der Waals surface area contributed by atoms with Crippen molar-refractivity contribution in [3.05, 3.63) is 29.8 Å². The molecule has 4 rings (SSSR count). The van der Waals surface area contributed by atoms with Crippen molar-refractivity contribution in [1.82, 2.24) is 14.7 Å². The highest BCUT2D eigenvalue weighted by Gasteiger charge is 2.32. The molecule has 2 atom stereocenters. The van der Waals surface area contributed by atoms with Gasteiger partial charge in [-0.1, -0.05) is 18.6 Å². The minimum Gasteiger partial charge on any atom is -0.381 e. The van der Waals surface area contributed by atoms with Gasteiger partial charge in [-0.25, -0.2) is 8.42 Å². The van der Waals surface area contributed by atoms with E-state index < -0.39 is 9.84 Å². The lowest BCUT2D eigenvalue weighted by Crippen LogP contribution is -2.56. The lowest BCUT2D eigenvalue weighted by atomic mass is 9.91. The Morgan fingerprint density at radius 3 is 2.47 bits per heavy atom. The number of hydrogen-bond acceptors (Lipinski definition) is 6. The van der Waals surface area contributed by atoms with Gasteiger partial charge in [-0.2, -0.15) is 0 Å². The molecule has 7 heteroatoms. The number of piperidine rings is 2. The quantitative estimate of drug-likeness (QED) is 0.525. The third-order valence-electron chi connectivity index (χ3n) is 7.41. The van der Waals surface area contributed by atoms with Crippen LogP contribution < -0.4 is 0 Å². The molecule has 3 aliphatic rings. The number of ether oxygens (including phenoxy) is 1. The SMILES string of the molecule is CS(=O)(=O)c1ccc(CN2CCN3C[C@H](COCCCN4CCCCC4)CC[C@@H]3C2)cc1. The van der Waals surface area contributed by atoms with Crippen molar-refractivity contribution in [2.45, 2.75) is 56.0 Å². The van der Waals surface area contributed by atoms with Crippen molar-refractivity contribution in [2.24, 2.45) is 5.92 Å². The van der Waals surface area contributed by atoms with E-state index in [1.165, 1.54) is 76.5 Å². The molecule has 0 aliphatic carbocycles. The summed E-state index contributed by atoms with van der Waals surface area (Å²) >= 11 is 0. The standard InChI is InChI=1S/C25H41N3O3S/c1-32(29,30)25-10-7-22(8-11-25)18-27-15-16-28-19-23(6-9-24(28)20-27)21-31-17-5-14-26-12-3-2-4-13-26/h7-8,10-11,23-24H,2-6,9,12-21H2,1H3/t23-,24-/m1/s1. The minimum atomic E-state index is -3.12. The van der Waals surface area contributed by atoms with Gasteiger partial charge < -0.3 is 9.64 Å². The average Bonchev–Trinajstić information content (AvgIpc) is 2.79. The van der Waals surface area contributed by atoms with Crippen LogP contribution in [0.1, 0.15) is 44.1 Å². The number of piperazine rings is 1. The molecule has 0 N–H and O–H groups in total. The largest absolute Gasteiger partial charge is 0.381 e. The minimum absolute atomic E-state index is 0.401. The smallest absolute Gasteiger partial charge is 0.175 e. The third kappa shape index (κ3) is 7.00. The number of likely N-dealkylation sites (tertiary alicyclic amines) is 1. The highest BCUT2D eigenvalue weighted by molar-refractivity contribution is 7.90. The summed E-state index contributed by atoms with van der Waals surface area (Å²) in [6.45, 7) is 11.0. The van der Waals surface area contributed by atoms with E-state index in [9.17, 15) is 8.42 Å². The van der Waals surface area contributed by atoms with E-state index in [1.54, 1.807) is 12.1 Å². The van der Waals surface area contributed by atoms with Gasteiger partial charge in [0.05, 0.1) is 11.5 Å². The summed E-state index contributed by atoms with van der Waals surface area (Å²) in [4.78, 5) is 8.19. The molecule has 3 saturated heterocycles. The second-order valence-electron chi connectivity index (χ2n) is 10.1. The molecule has 1 aromatic carbocycles. The van der Waals surface area contributed by atoms with E-state index in [0.717, 1.165) is 39.4 Å². The second-order valence-corrected chi connectivity index (χ2v) is 12.1. The van der Waals surface area contributed by atoms with Crippen LogP contribution in [0.15, 0.2) is 29.2 Å². The van der Waals surface area contributed by atoms with Crippen LogP contribution in [0.5, 0.6) is 0 Å². The number of fused-ring (bicyclic) bond motifs is 1. The molecule has 1 aromatic rings.